The summed E-state index contributed by atoms with van der Waals surface area (Å²) >= 11 is 0. The van der Waals surface area contributed by atoms with Gasteiger partial charge in [-0.1, -0.05) is 13.8 Å². The largest absolute Gasteiger partial charge is 0.391 e. The van der Waals surface area contributed by atoms with Crippen molar-refractivity contribution < 1.29 is 34.6 Å². The van der Waals surface area contributed by atoms with Gasteiger partial charge in [-0.3, -0.25) is 9.78 Å². The topological polar surface area (TPSA) is 102 Å². The minimum absolute atomic E-state index is 0.144. The van der Waals surface area contributed by atoms with Crippen molar-refractivity contribution >= 4 is 11.9 Å². The number of hydrogen-bond donors (Lipinski definition) is 2. The molecule has 0 heterocycles. The molecule has 0 aromatic heterocycles. The van der Waals surface area contributed by atoms with E-state index in [1.807, 2.05) is 0 Å². The normalized spacial score (nSPS) is 15.6. The highest BCUT2D eigenvalue weighted by atomic mass is 17.5. The molecule has 2 N–H and O–H groups in total. The fourth-order valence-corrected chi connectivity index (χ4v) is 1.28. The lowest BCUT2D eigenvalue weighted by molar-refractivity contribution is -0.461. The van der Waals surface area contributed by atoms with Crippen LogP contribution in [0.4, 0.5) is 0 Å². The SMILES string of the molecule is CCCC(=O)OOOC(=O)C(CC)C(O)C(C)O. The van der Waals surface area contributed by atoms with E-state index in [9.17, 15) is 19.8 Å². The number of aliphatic hydroxyl groups excluding tert-OH is 2. The van der Waals surface area contributed by atoms with Gasteiger partial charge in [0.15, 0.2) is 0 Å². The quantitative estimate of drug-likeness (QED) is 0.485. The van der Waals surface area contributed by atoms with Crippen molar-refractivity contribution in [3.05, 3.63) is 0 Å². The molecule has 7 heteroatoms. The lowest BCUT2D eigenvalue weighted by Crippen LogP contribution is -2.37. The Morgan fingerprint density at radius 1 is 1.17 bits per heavy atom. The summed E-state index contributed by atoms with van der Waals surface area (Å²) in [6.45, 7) is 4.77. The fraction of sp³-hybridized carbons (Fsp3) is 0.818. The Morgan fingerprint density at radius 2 is 1.78 bits per heavy atom. The summed E-state index contributed by atoms with van der Waals surface area (Å²) in [5.74, 6) is -2.51. The summed E-state index contributed by atoms with van der Waals surface area (Å²) in [5.41, 5.74) is 0. The van der Waals surface area contributed by atoms with Gasteiger partial charge in [0.25, 0.3) is 0 Å². The third-order valence-corrected chi connectivity index (χ3v) is 2.35. The van der Waals surface area contributed by atoms with Gasteiger partial charge in [0.05, 0.1) is 18.1 Å². The molecule has 18 heavy (non-hydrogen) atoms. The number of hydrogen-bond acceptors (Lipinski definition) is 7. The standard InChI is InChI=1S/C11H20O7/c1-4-6-9(13)16-18-17-11(15)8(5-2)10(14)7(3)12/h7-8,10,12,14H,4-6H2,1-3H3. The second-order valence-corrected chi connectivity index (χ2v) is 3.92. The van der Waals surface area contributed by atoms with Crippen molar-refractivity contribution in [1.82, 2.24) is 0 Å². The maximum absolute atomic E-state index is 11.4. The van der Waals surface area contributed by atoms with E-state index < -0.39 is 30.1 Å². The molecule has 3 unspecified atom stereocenters. The number of carbonyl (C=O) groups is 2. The summed E-state index contributed by atoms with van der Waals surface area (Å²) in [6.07, 6.45) is -1.38. The zero-order chi connectivity index (χ0) is 14.1. The van der Waals surface area contributed by atoms with Gasteiger partial charge in [-0.2, -0.15) is 0 Å². The van der Waals surface area contributed by atoms with E-state index in [0.717, 1.165) is 0 Å². The zero-order valence-corrected chi connectivity index (χ0v) is 10.8. The van der Waals surface area contributed by atoms with Gasteiger partial charge in [0.1, 0.15) is 0 Å². The maximum Gasteiger partial charge on any atom is 0.352 e. The molecule has 0 bridgehead atoms. The molecule has 0 saturated heterocycles. The van der Waals surface area contributed by atoms with Crippen LogP contribution in [0.3, 0.4) is 0 Å². The molecule has 0 aliphatic rings. The van der Waals surface area contributed by atoms with Crippen LogP contribution in [0.15, 0.2) is 0 Å². The molecule has 0 rings (SSSR count). The Labute approximate surface area is 105 Å². The van der Waals surface area contributed by atoms with Gasteiger partial charge in [-0.15, -0.1) is 0 Å². The molecule has 0 aliphatic carbocycles. The van der Waals surface area contributed by atoms with E-state index in [2.05, 4.69) is 14.8 Å². The van der Waals surface area contributed by atoms with Gasteiger partial charge in [0, 0.05) is 11.5 Å². The van der Waals surface area contributed by atoms with Crippen LogP contribution in [0.25, 0.3) is 0 Å². The molecule has 0 saturated carbocycles. The molecular weight excluding hydrogens is 244 g/mol. The molecule has 106 valence electrons. The van der Waals surface area contributed by atoms with Crippen LogP contribution in [-0.4, -0.2) is 34.4 Å². The average molecular weight is 264 g/mol. The van der Waals surface area contributed by atoms with Crippen molar-refractivity contribution in [1.29, 1.82) is 0 Å². The van der Waals surface area contributed by atoms with Crippen LogP contribution in [-0.2, 0) is 24.4 Å². The van der Waals surface area contributed by atoms with Gasteiger partial charge in [0.2, 0.25) is 0 Å². The molecule has 3 atom stereocenters. The van der Waals surface area contributed by atoms with Crippen LogP contribution < -0.4 is 0 Å². The number of rotatable bonds is 8. The summed E-state index contributed by atoms with van der Waals surface area (Å²) < 4.78 is 0. The van der Waals surface area contributed by atoms with E-state index in [4.69, 9.17) is 0 Å². The Balaban J connectivity index is 4.09. The van der Waals surface area contributed by atoms with Crippen molar-refractivity contribution in [2.45, 2.75) is 52.2 Å². The van der Waals surface area contributed by atoms with Crippen LogP contribution in [0.2, 0.25) is 0 Å². The smallest absolute Gasteiger partial charge is 0.352 e. The minimum Gasteiger partial charge on any atom is -0.391 e. The van der Waals surface area contributed by atoms with Crippen LogP contribution in [0.1, 0.15) is 40.0 Å². The molecule has 7 nitrogen and oxygen atoms in total. The Kier molecular flexibility index (Phi) is 8.27. The monoisotopic (exact) mass is 264 g/mol. The molecule has 0 aromatic carbocycles. The lowest BCUT2D eigenvalue weighted by Gasteiger charge is -2.20. The first-order valence-corrected chi connectivity index (χ1v) is 5.87. The van der Waals surface area contributed by atoms with Crippen molar-refractivity contribution in [2.24, 2.45) is 5.92 Å². The van der Waals surface area contributed by atoms with Gasteiger partial charge < -0.3 is 10.2 Å². The van der Waals surface area contributed by atoms with E-state index in [1.54, 1.807) is 13.8 Å². The van der Waals surface area contributed by atoms with Crippen molar-refractivity contribution in [3.63, 3.8) is 0 Å². The summed E-state index contributed by atoms with van der Waals surface area (Å²) in [6, 6.07) is 0. The number of carbonyl (C=O) groups excluding carboxylic acids is 2. The minimum atomic E-state index is -1.27. The van der Waals surface area contributed by atoms with Crippen molar-refractivity contribution in [2.75, 3.05) is 0 Å². The second-order valence-electron chi connectivity index (χ2n) is 3.92. The van der Waals surface area contributed by atoms with E-state index in [0.29, 0.717) is 6.42 Å². The molecule has 0 radical (unpaired) electrons. The maximum atomic E-state index is 11.4. The Bertz CT molecular complexity index is 264. The van der Waals surface area contributed by atoms with Gasteiger partial charge in [-0.05, 0) is 19.8 Å². The summed E-state index contributed by atoms with van der Waals surface area (Å²) in [4.78, 5) is 30.7. The zero-order valence-electron chi connectivity index (χ0n) is 10.8. The first-order valence-electron chi connectivity index (χ1n) is 5.87. The van der Waals surface area contributed by atoms with Crippen LogP contribution >= 0.6 is 0 Å². The highest BCUT2D eigenvalue weighted by molar-refractivity contribution is 5.72. The summed E-state index contributed by atoms with van der Waals surface area (Å²) in [5, 5.41) is 22.7. The third kappa shape index (κ3) is 5.95. The Hall–Kier alpha value is -1.18. The van der Waals surface area contributed by atoms with E-state index in [-0.39, 0.29) is 12.8 Å². The van der Waals surface area contributed by atoms with Crippen molar-refractivity contribution in [3.8, 4) is 0 Å². The predicted octanol–water partition coefficient (Wildman–Crippen LogP) is 0.487. The predicted molar refractivity (Wildman–Crippen MR) is 59.6 cm³/mol. The van der Waals surface area contributed by atoms with Gasteiger partial charge >= 0.3 is 11.9 Å². The van der Waals surface area contributed by atoms with Crippen LogP contribution in [0, 0.1) is 5.92 Å². The second kappa shape index (κ2) is 8.84. The lowest BCUT2D eigenvalue weighted by atomic mass is 9.96. The first-order chi connectivity index (χ1) is 8.43. The summed E-state index contributed by atoms with van der Waals surface area (Å²) in [7, 11) is 0. The van der Waals surface area contributed by atoms with Crippen LogP contribution in [0.5, 0.6) is 0 Å². The molecular formula is C11H20O7. The van der Waals surface area contributed by atoms with E-state index in [1.165, 1.54) is 6.92 Å². The van der Waals surface area contributed by atoms with Gasteiger partial charge in [-0.25, -0.2) is 9.59 Å². The molecule has 0 amide bonds. The Morgan fingerprint density at radius 3 is 2.22 bits per heavy atom. The fourth-order valence-electron chi connectivity index (χ4n) is 1.28. The highest BCUT2D eigenvalue weighted by Crippen LogP contribution is 2.14. The number of aliphatic hydroxyl groups is 2. The molecule has 0 aliphatic heterocycles. The first kappa shape index (κ1) is 16.8. The average Bonchev–Trinajstić information content (AvgIpc) is 2.30. The molecule has 0 aromatic rings. The molecule has 0 fully saturated rings. The highest BCUT2D eigenvalue weighted by Gasteiger charge is 2.31. The molecule has 0 spiro atoms. The van der Waals surface area contributed by atoms with E-state index >= 15 is 0 Å². The third-order valence-electron chi connectivity index (χ3n) is 2.35.